The summed E-state index contributed by atoms with van der Waals surface area (Å²) in [7, 11) is 0. The molecule has 1 aromatic carbocycles. The second-order valence-corrected chi connectivity index (χ2v) is 5.10. The first-order valence-electron chi connectivity index (χ1n) is 7.62. The first kappa shape index (κ1) is 15.5. The lowest BCUT2D eigenvalue weighted by Gasteiger charge is -2.08. The van der Waals surface area contributed by atoms with Crippen LogP contribution < -0.4 is 10.6 Å². The fraction of sp³-hybridized carbons (Fsp3) is 0.500. The Hall–Kier alpha value is -1.88. The molecule has 0 radical (unpaired) electrons. The fourth-order valence-corrected chi connectivity index (χ4v) is 2.17. The molecule has 0 saturated heterocycles. The van der Waals surface area contributed by atoms with Gasteiger partial charge in [-0.2, -0.15) is 0 Å². The van der Waals surface area contributed by atoms with Gasteiger partial charge in [-0.15, -0.1) is 5.10 Å². The highest BCUT2D eigenvalue weighted by molar-refractivity contribution is 5.31. The number of nitrogens with one attached hydrogen (secondary N) is 2. The standard InChI is InChI=1S/C16H24N4O/c1-4-10-17-12(3)15-19-20-16(21-15)18-11-14-9-7-6-8-13(14)5-2/h6-9,12,17H,4-5,10-11H2,1-3H3,(H,18,20). The minimum Gasteiger partial charge on any atom is -0.406 e. The zero-order chi connectivity index (χ0) is 15.1. The average Bonchev–Trinajstić information content (AvgIpc) is 3.00. The minimum atomic E-state index is 0.0796. The van der Waals surface area contributed by atoms with E-state index in [1.165, 1.54) is 11.1 Å². The molecule has 5 heteroatoms. The zero-order valence-corrected chi connectivity index (χ0v) is 13.0. The van der Waals surface area contributed by atoms with E-state index in [0.717, 1.165) is 19.4 Å². The molecular weight excluding hydrogens is 264 g/mol. The molecule has 21 heavy (non-hydrogen) atoms. The summed E-state index contributed by atoms with van der Waals surface area (Å²) in [5, 5.41) is 14.7. The first-order valence-corrected chi connectivity index (χ1v) is 7.62. The van der Waals surface area contributed by atoms with Gasteiger partial charge in [-0.3, -0.25) is 0 Å². The van der Waals surface area contributed by atoms with Crippen molar-refractivity contribution in [2.45, 2.75) is 46.2 Å². The van der Waals surface area contributed by atoms with Crippen LogP contribution in [0.4, 0.5) is 6.01 Å². The second kappa shape index (κ2) is 7.78. The van der Waals surface area contributed by atoms with Gasteiger partial charge in [0.2, 0.25) is 5.89 Å². The number of nitrogens with zero attached hydrogens (tertiary/aromatic N) is 2. The second-order valence-electron chi connectivity index (χ2n) is 5.10. The normalized spacial score (nSPS) is 12.3. The molecular formula is C16H24N4O. The van der Waals surface area contributed by atoms with Crippen LogP contribution >= 0.6 is 0 Å². The molecule has 1 aromatic heterocycles. The molecule has 0 aliphatic heterocycles. The zero-order valence-electron chi connectivity index (χ0n) is 13.0. The van der Waals surface area contributed by atoms with Crippen molar-refractivity contribution >= 4 is 6.01 Å². The molecule has 114 valence electrons. The highest BCUT2D eigenvalue weighted by Gasteiger charge is 2.13. The topological polar surface area (TPSA) is 63.0 Å². The Bertz CT molecular complexity index is 553. The van der Waals surface area contributed by atoms with Gasteiger partial charge < -0.3 is 15.1 Å². The first-order chi connectivity index (χ1) is 10.2. The molecule has 0 amide bonds. The molecule has 0 aliphatic carbocycles. The summed E-state index contributed by atoms with van der Waals surface area (Å²) in [5.41, 5.74) is 2.60. The third kappa shape index (κ3) is 4.29. The molecule has 0 spiro atoms. The molecule has 2 rings (SSSR count). The van der Waals surface area contributed by atoms with Crippen LogP contribution in [0.25, 0.3) is 0 Å². The van der Waals surface area contributed by atoms with Crippen LogP contribution in [-0.2, 0) is 13.0 Å². The van der Waals surface area contributed by atoms with E-state index in [1.807, 2.05) is 13.0 Å². The smallest absolute Gasteiger partial charge is 0.315 e. The van der Waals surface area contributed by atoms with E-state index in [2.05, 4.69) is 52.9 Å². The third-order valence-electron chi connectivity index (χ3n) is 3.44. The Morgan fingerprint density at radius 1 is 1.14 bits per heavy atom. The number of hydrogen-bond donors (Lipinski definition) is 2. The van der Waals surface area contributed by atoms with Crippen LogP contribution in [0.2, 0.25) is 0 Å². The fourth-order valence-electron chi connectivity index (χ4n) is 2.17. The number of rotatable bonds is 8. The van der Waals surface area contributed by atoms with E-state index in [4.69, 9.17) is 4.42 Å². The van der Waals surface area contributed by atoms with Crippen LogP contribution in [0, 0.1) is 0 Å². The van der Waals surface area contributed by atoms with Gasteiger partial charge in [0.05, 0.1) is 6.04 Å². The Kier molecular flexibility index (Phi) is 5.75. The summed E-state index contributed by atoms with van der Waals surface area (Å²) < 4.78 is 5.64. The van der Waals surface area contributed by atoms with Crippen LogP contribution in [0.3, 0.4) is 0 Å². The van der Waals surface area contributed by atoms with E-state index in [0.29, 0.717) is 18.5 Å². The summed E-state index contributed by atoms with van der Waals surface area (Å²) in [6.07, 6.45) is 2.10. The number of benzene rings is 1. The van der Waals surface area contributed by atoms with Crippen molar-refractivity contribution in [3.63, 3.8) is 0 Å². The van der Waals surface area contributed by atoms with Crippen molar-refractivity contribution in [3.8, 4) is 0 Å². The van der Waals surface area contributed by atoms with Crippen LogP contribution in [0.15, 0.2) is 28.7 Å². The van der Waals surface area contributed by atoms with Gasteiger partial charge in [-0.05, 0) is 37.4 Å². The number of anilines is 1. The summed E-state index contributed by atoms with van der Waals surface area (Å²) in [5.74, 6) is 0.620. The Morgan fingerprint density at radius 2 is 1.90 bits per heavy atom. The van der Waals surface area contributed by atoms with Gasteiger partial charge in [0.25, 0.3) is 0 Å². The Balaban J connectivity index is 1.93. The van der Waals surface area contributed by atoms with E-state index < -0.39 is 0 Å². The Morgan fingerprint density at radius 3 is 2.62 bits per heavy atom. The lowest BCUT2D eigenvalue weighted by Crippen LogP contribution is -2.19. The predicted octanol–water partition coefficient (Wildman–Crippen LogP) is 3.30. The van der Waals surface area contributed by atoms with Crippen molar-refractivity contribution in [2.24, 2.45) is 0 Å². The van der Waals surface area contributed by atoms with E-state index in [9.17, 15) is 0 Å². The minimum absolute atomic E-state index is 0.0796. The number of hydrogen-bond acceptors (Lipinski definition) is 5. The van der Waals surface area contributed by atoms with Crippen molar-refractivity contribution in [1.29, 1.82) is 0 Å². The van der Waals surface area contributed by atoms with E-state index in [1.54, 1.807) is 0 Å². The molecule has 1 heterocycles. The van der Waals surface area contributed by atoms with Crippen LogP contribution in [0.1, 0.15) is 50.3 Å². The van der Waals surface area contributed by atoms with Crippen molar-refractivity contribution in [1.82, 2.24) is 15.5 Å². The van der Waals surface area contributed by atoms with Gasteiger partial charge in [-0.1, -0.05) is 43.2 Å². The monoisotopic (exact) mass is 288 g/mol. The molecule has 1 atom stereocenters. The lowest BCUT2D eigenvalue weighted by atomic mass is 10.1. The van der Waals surface area contributed by atoms with E-state index >= 15 is 0 Å². The maximum absolute atomic E-state index is 5.64. The number of aromatic nitrogens is 2. The molecule has 2 N–H and O–H groups in total. The molecule has 0 aliphatic rings. The van der Waals surface area contributed by atoms with E-state index in [-0.39, 0.29) is 6.04 Å². The van der Waals surface area contributed by atoms with Gasteiger partial charge in [0.15, 0.2) is 0 Å². The Labute approximate surface area is 126 Å². The molecule has 0 saturated carbocycles. The third-order valence-corrected chi connectivity index (χ3v) is 3.44. The molecule has 5 nitrogen and oxygen atoms in total. The average molecular weight is 288 g/mol. The van der Waals surface area contributed by atoms with Gasteiger partial charge in [0.1, 0.15) is 0 Å². The lowest BCUT2D eigenvalue weighted by molar-refractivity contribution is 0.423. The highest BCUT2D eigenvalue weighted by Crippen LogP contribution is 2.16. The summed E-state index contributed by atoms with van der Waals surface area (Å²) >= 11 is 0. The van der Waals surface area contributed by atoms with Crippen molar-refractivity contribution in [2.75, 3.05) is 11.9 Å². The number of aryl methyl sites for hydroxylation is 1. The molecule has 0 bridgehead atoms. The van der Waals surface area contributed by atoms with Gasteiger partial charge >= 0.3 is 6.01 Å². The largest absolute Gasteiger partial charge is 0.406 e. The predicted molar refractivity (Wildman–Crippen MR) is 84.2 cm³/mol. The summed E-state index contributed by atoms with van der Waals surface area (Å²) in [6.45, 7) is 7.95. The highest BCUT2D eigenvalue weighted by atomic mass is 16.4. The SMILES string of the molecule is CCCNC(C)c1nnc(NCc2ccccc2CC)o1. The summed E-state index contributed by atoms with van der Waals surface area (Å²) in [4.78, 5) is 0. The van der Waals surface area contributed by atoms with Crippen LogP contribution in [0.5, 0.6) is 0 Å². The summed E-state index contributed by atoms with van der Waals surface area (Å²) in [6, 6.07) is 8.93. The van der Waals surface area contributed by atoms with Crippen LogP contribution in [-0.4, -0.2) is 16.7 Å². The van der Waals surface area contributed by atoms with Gasteiger partial charge in [0, 0.05) is 6.54 Å². The van der Waals surface area contributed by atoms with Crippen molar-refractivity contribution < 1.29 is 4.42 Å². The quantitative estimate of drug-likeness (QED) is 0.780. The molecule has 1 unspecified atom stereocenters. The van der Waals surface area contributed by atoms with Crippen molar-refractivity contribution in [3.05, 3.63) is 41.3 Å². The van der Waals surface area contributed by atoms with Gasteiger partial charge in [-0.25, -0.2) is 0 Å². The maximum atomic E-state index is 5.64. The molecule has 0 fully saturated rings. The maximum Gasteiger partial charge on any atom is 0.315 e. The molecule has 2 aromatic rings.